The van der Waals surface area contributed by atoms with Crippen LogP contribution in [0.25, 0.3) is 28.0 Å². The van der Waals surface area contributed by atoms with Crippen molar-refractivity contribution in [2.45, 2.75) is 13.0 Å². The minimum atomic E-state index is -0.502. The van der Waals surface area contributed by atoms with E-state index in [-0.39, 0.29) is 11.7 Å². The number of anilines is 1. The molecule has 0 aliphatic carbocycles. The molecule has 2 aromatic carbocycles. The van der Waals surface area contributed by atoms with E-state index in [9.17, 15) is 10.1 Å². The number of nitrogens with one attached hydrogen (secondary N) is 1. The van der Waals surface area contributed by atoms with Gasteiger partial charge in [-0.1, -0.05) is 40.5 Å². The minimum absolute atomic E-state index is 0.0940. The molecule has 0 saturated heterocycles. The van der Waals surface area contributed by atoms with Crippen LogP contribution in [-0.2, 0) is 0 Å². The first-order chi connectivity index (χ1) is 16.9. The SMILES string of the molecule is CC(Nc1ccc([N+](=O)[O-])cn1)c1ncc(-n2nnc3ccccc32)c(-c2ccc(Cl)cc2Cl)n1. The summed E-state index contributed by atoms with van der Waals surface area (Å²) in [6, 6.07) is 15.2. The Bertz CT molecular complexity index is 1560. The molecule has 0 fully saturated rings. The van der Waals surface area contributed by atoms with Crippen LogP contribution in [0.2, 0.25) is 10.0 Å². The van der Waals surface area contributed by atoms with E-state index in [2.05, 4.69) is 25.6 Å². The van der Waals surface area contributed by atoms with Crippen LogP contribution in [0.4, 0.5) is 11.5 Å². The van der Waals surface area contributed by atoms with Crippen molar-refractivity contribution in [1.82, 2.24) is 29.9 Å². The lowest BCUT2D eigenvalue weighted by Crippen LogP contribution is -2.14. The predicted molar refractivity (Wildman–Crippen MR) is 133 cm³/mol. The molecular weight excluding hydrogens is 491 g/mol. The number of hydrogen-bond donors (Lipinski definition) is 1. The van der Waals surface area contributed by atoms with E-state index in [1.165, 1.54) is 18.3 Å². The summed E-state index contributed by atoms with van der Waals surface area (Å²) in [5.74, 6) is 0.906. The summed E-state index contributed by atoms with van der Waals surface area (Å²) in [4.78, 5) is 23.8. The van der Waals surface area contributed by atoms with Crippen molar-refractivity contribution < 1.29 is 4.92 Å². The molecule has 0 bridgehead atoms. The fraction of sp³-hybridized carbons (Fsp3) is 0.0870. The lowest BCUT2D eigenvalue weighted by molar-refractivity contribution is -0.385. The van der Waals surface area contributed by atoms with Gasteiger partial charge in [0, 0.05) is 16.7 Å². The largest absolute Gasteiger partial charge is 0.360 e. The molecule has 0 aliphatic heterocycles. The number of pyridine rings is 1. The van der Waals surface area contributed by atoms with Crippen molar-refractivity contribution >= 4 is 45.7 Å². The molecule has 12 heteroatoms. The second kappa shape index (κ2) is 9.24. The van der Waals surface area contributed by atoms with Gasteiger partial charge in [-0.2, -0.15) is 0 Å². The minimum Gasteiger partial charge on any atom is -0.360 e. The third kappa shape index (κ3) is 4.48. The van der Waals surface area contributed by atoms with Gasteiger partial charge in [0.25, 0.3) is 5.69 Å². The van der Waals surface area contributed by atoms with Crippen molar-refractivity contribution in [3.05, 3.63) is 93.0 Å². The molecule has 0 amide bonds. The number of nitro groups is 1. The van der Waals surface area contributed by atoms with E-state index in [4.69, 9.17) is 28.2 Å². The fourth-order valence-corrected chi connectivity index (χ4v) is 4.04. The Hall–Kier alpha value is -4.15. The first-order valence-electron chi connectivity index (χ1n) is 10.4. The molecule has 0 aliphatic rings. The molecular formula is C23H16Cl2N8O2. The zero-order valence-electron chi connectivity index (χ0n) is 18.1. The van der Waals surface area contributed by atoms with Crippen molar-refractivity contribution in [1.29, 1.82) is 0 Å². The Balaban J connectivity index is 1.58. The first kappa shape index (κ1) is 22.6. The summed E-state index contributed by atoms with van der Waals surface area (Å²) >= 11 is 12.7. The first-order valence-corrected chi connectivity index (χ1v) is 11.2. The third-order valence-electron chi connectivity index (χ3n) is 5.26. The van der Waals surface area contributed by atoms with Gasteiger partial charge in [0.15, 0.2) is 5.82 Å². The highest BCUT2D eigenvalue weighted by Crippen LogP contribution is 2.34. The average Bonchev–Trinajstić information content (AvgIpc) is 3.28. The Labute approximate surface area is 208 Å². The molecule has 5 rings (SSSR count). The topological polar surface area (TPSA) is 125 Å². The summed E-state index contributed by atoms with van der Waals surface area (Å²) in [7, 11) is 0. The molecule has 174 valence electrons. The van der Waals surface area contributed by atoms with E-state index in [1.807, 2.05) is 31.2 Å². The van der Waals surface area contributed by atoms with Crippen LogP contribution < -0.4 is 5.32 Å². The van der Waals surface area contributed by atoms with E-state index in [0.717, 1.165) is 11.0 Å². The van der Waals surface area contributed by atoms with Crippen LogP contribution in [-0.4, -0.2) is 34.9 Å². The zero-order valence-corrected chi connectivity index (χ0v) is 19.6. The van der Waals surface area contributed by atoms with Gasteiger partial charge >= 0.3 is 0 Å². The van der Waals surface area contributed by atoms with Gasteiger partial charge in [0.2, 0.25) is 0 Å². The Kier molecular flexibility index (Phi) is 5.98. The van der Waals surface area contributed by atoms with Crippen molar-refractivity contribution in [3.8, 4) is 16.9 Å². The quantitative estimate of drug-likeness (QED) is 0.231. The molecule has 0 saturated carbocycles. The van der Waals surface area contributed by atoms with Gasteiger partial charge in [0.1, 0.15) is 28.9 Å². The monoisotopic (exact) mass is 506 g/mol. The number of para-hydroxylation sites is 1. The third-order valence-corrected chi connectivity index (χ3v) is 5.81. The van der Waals surface area contributed by atoms with E-state index < -0.39 is 4.92 Å². The van der Waals surface area contributed by atoms with Crippen molar-refractivity contribution in [2.24, 2.45) is 0 Å². The standard InChI is InChI=1S/C23H16Cl2N8O2/c1-13(28-21-9-7-15(11-26-21)33(34)35)23-27-12-20(32-19-5-3-2-4-18(19)30-31-32)22(29-23)16-8-6-14(24)10-17(16)25/h2-13H,1H3,(H,26,28). The maximum absolute atomic E-state index is 10.9. The van der Waals surface area contributed by atoms with Gasteiger partial charge in [0.05, 0.1) is 27.7 Å². The van der Waals surface area contributed by atoms with E-state index in [0.29, 0.717) is 38.6 Å². The molecule has 35 heavy (non-hydrogen) atoms. The lowest BCUT2D eigenvalue weighted by atomic mass is 10.1. The summed E-state index contributed by atoms with van der Waals surface area (Å²) < 4.78 is 1.66. The number of rotatable bonds is 6. The predicted octanol–water partition coefficient (Wildman–Crippen LogP) is 5.66. The van der Waals surface area contributed by atoms with Gasteiger partial charge in [-0.05, 0) is 43.3 Å². The number of benzene rings is 2. The number of aromatic nitrogens is 6. The zero-order chi connectivity index (χ0) is 24.5. The number of halogens is 2. The highest BCUT2D eigenvalue weighted by atomic mass is 35.5. The van der Waals surface area contributed by atoms with Crippen LogP contribution in [0.1, 0.15) is 18.8 Å². The molecule has 10 nitrogen and oxygen atoms in total. The molecule has 3 heterocycles. The van der Waals surface area contributed by atoms with Gasteiger partial charge in [-0.15, -0.1) is 5.10 Å². The smallest absolute Gasteiger partial charge is 0.287 e. The maximum atomic E-state index is 10.9. The molecule has 3 aromatic heterocycles. The molecule has 5 aromatic rings. The van der Waals surface area contributed by atoms with Crippen LogP contribution in [0.3, 0.4) is 0 Å². The Morgan fingerprint density at radius 1 is 1.06 bits per heavy atom. The van der Waals surface area contributed by atoms with Crippen LogP contribution >= 0.6 is 23.2 Å². The normalized spacial score (nSPS) is 12.0. The average molecular weight is 507 g/mol. The van der Waals surface area contributed by atoms with E-state index in [1.54, 1.807) is 29.1 Å². The Morgan fingerprint density at radius 2 is 1.89 bits per heavy atom. The highest BCUT2D eigenvalue weighted by molar-refractivity contribution is 6.36. The van der Waals surface area contributed by atoms with Crippen LogP contribution in [0.15, 0.2) is 67.0 Å². The van der Waals surface area contributed by atoms with Gasteiger partial charge in [-0.3, -0.25) is 10.1 Å². The number of fused-ring (bicyclic) bond motifs is 1. The second-order valence-corrected chi connectivity index (χ2v) is 8.44. The van der Waals surface area contributed by atoms with Crippen LogP contribution in [0.5, 0.6) is 0 Å². The van der Waals surface area contributed by atoms with Crippen molar-refractivity contribution in [2.75, 3.05) is 5.32 Å². The molecule has 1 atom stereocenters. The highest BCUT2D eigenvalue weighted by Gasteiger charge is 2.20. The van der Waals surface area contributed by atoms with Crippen LogP contribution in [0, 0.1) is 10.1 Å². The number of hydrogen-bond acceptors (Lipinski definition) is 8. The summed E-state index contributed by atoms with van der Waals surface area (Å²) in [5, 5.41) is 23.5. The Morgan fingerprint density at radius 3 is 2.63 bits per heavy atom. The summed E-state index contributed by atoms with van der Waals surface area (Å²) in [5.41, 5.74) is 3.20. The molecule has 1 unspecified atom stereocenters. The molecule has 1 N–H and O–H groups in total. The van der Waals surface area contributed by atoms with Gasteiger partial charge < -0.3 is 5.32 Å². The lowest BCUT2D eigenvalue weighted by Gasteiger charge is -2.17. The van der Waals surface area contributed by atoms with Gasteiger partial charge in [-0.25, -0.2) is 19.6 Å². The fourth-order valence-electron chi connectivity index (χ4n) is 3.55. The van der Waals surface area contributed by atoms with E-state index >= 15 is 0 Å². The molecule has 0 spiro atoms. The summed E-state index contributed by atoms with van der Waals surface area (Å²) in [6.07, 6.45) is 2.85. The maximum Gasteiger partial charge on any atom is 0.287 e. The number of nitrogens with zero attached hydrogens (tertiary/aromatic N) is 7. The second-order valence-electron chi connectivity index (χ2n) is 7.60. The van der Waals surface area contributed by atoms with Crippen molar-refractivity contribution in [3.63, 3.8) is 0 Å². The molecule has 0 radical (unpaired) electrons. The summed E-state index contributed by atoms with van der Waals surface area (Å²) in [6.45, 7) is 1.86.